The Morgan fingerprint density at radius 3 is 2.65 bits per heavy atom. The fraction of sp³-hybridized carbons (Fsp3) is 0.333. The van der Waals surface area contributed by atoms with Crippen LogP contribution in [0.5, 0.6) is 5.75 Å². The first-order chi connectivity index (χ1) is 11.1. The molecule has 1 aliphatic rings. The van der Waals surface area contributed by atoms with Crippen LogP contribution in [0, 0.1) is 5.92 Å². The molecule has 8 heteroatoms. The molecule has 2 aromatic rings. The fourth-order valence-corrected chi connectivity index (χ4v) is 2.03. The van der Waals surface area contributed by atoms with Crippen LogP contribution in [-0.4, -0.2) is 33.9 Å². The van der Waals surface area contributed by atoms with Crippen molar-refractivity contribution < 1.29 is 14.3 Å². The summed E-state index contributed by atoms with van der Waals surface area (Å²) in [5.41, 5.74) is 0.665. The predicted molar refractivity (Wildman–Crippen MR) is 83.0 cm³/mol. The second kappa shape index (κ2) is 6.47. The predicted octanol–water partition coefficient (Wildman–Crippen LogP) is 1.27. The fourth-order valence-electron chi connectivity index (χ4n) is 2.03. The molecule has 0 bridgehead atoms. The van der Waals surface area contributed by atoms with E-state index in [-0.39, 0.29) is 24.3 Å². The third-order valence-electron chi connectivity index (χ3n) is 3.42. The van der Waals surface area contributed by atoms with Crippen molar-refractivity contribution in [2.75, 3.05) is 17.7 Å². The molecule has 1 aliphatic carbocycles. The quantitative estimate of drug-likeness (QED) is 0.836. The maximum Gasteiger partial charge on any atom is 0.246 e. The van der Waals surface area contributed by atoms with Gasteiger partial charge in [0, 0.05) is 11.6 Å². The standard InChI is InChI=1S/C15H17N5O3/c1-23-12-6-4-11(5-7-12)16-14(21)9-20-8-13(18-19-20)17-15(22)10-2-3-10/h4-8,10H,2-3,9H2,1H3,(H,16,21)(H,17,22). The molecule has 1 aromatic carbocycles. The van der Waals surface area contributed by atoms with Gasteiger partial charge in [0.1, 0.15) is 12.3 Å². The largest absolute Gasteiger partial charge is 0.497 e. The molecule has 0 unspecified atom stereocenters. The topological polar surface area (TPSA) is 98.1 Å². The van der Waals surface area contributed by atoms with Crippen molar-refractivity contribution in [1.29, 1.82) is 0 Å². The molecule has 120 valence electrons. The van der Waals surface area contributed by atoms with Crippen molar-refractivity contribution in [1.82, 2.24) is 15.0 Å². The van der Waals surface area contributed by atoms with Crippen LogP contribution in [0.1, 0.15) is 12.8 Å². The number of hydrogen-bond acceptors (Lipinski definition) is 5. The Bertz CT molecular complexity index is 706. The minimum absolute atomic E-state index is 0.0122. The van der Waals surface area contributed by atoms with Crippen LogP contribution in [0.3, 0.4) is 0 Å². The Labute approximate surface area is 132 Å². The number of nitrogens with zero attached hydrogens (tertiary/aromatic N) is 3. The average Bonchev–Trinajstić information content (AvgIpc) is 3.31. The van der Waals surface area contributed by atoms with Crippen molar-refractivity contribution in [2.24, 2.45) is 5.92 Å². The summed E-state index contributed by atoms with van der Waals surface area (Å²) in [4.78, 5) is 23.6. The van der Waals surface area contributed by atoms with Crippen molar-refractivity contribution >= 4 is 23.3 Å². The number of carbonyl (C=O) groups is 2. The van der Waals surface area contributed by atoms with E-state index in [9.17, 15) is 9.59 Å². The molecule has 0 atom stereocenters. The second-order valence-corrected chi connectivity index (χ2v) is 5.34. The van der Waals surface area contributed by atoms with Gasteiger partial charge in [0.25, 0.3) is 0 Å². The summed E-state index contributed by atoms with van der Waals surface area (Å²) in [5, 5.41) is 13.1. The molecule has 23 heavy (non-hydrogen) atoms. The second-order valence-electron chi connectivity index (χ2n) is 5.34. The summed E-state index contributed by atoms with van der Waals surface area (Å²) in [6.45, 7) is 0.0122. The van der Waals surface area contributed by atoms with Crippen LogP contribution in [0.4, 0.5) is 11.5 Å². The van der Waals surface area contributed by atoms with E-state index in [1.165, 1.54) is 10.9 Å². The first-order valence-electron chi connectivity index (χ1n) is 7.29. The number of rotatable bonds is 6. The first kappa shape index (κ1) is 15.0. The van der Waals surface area contributed by atoms with Gasteiger partial charge in [0.05, 0.1) is 13.3 Å². The highest BCUT2D eigenvalue weighted by Crippen LogP contribution is 2.29. The van der Waals surface area contributed by atoms with Crippen LogP contribution in [0.15, 0.2) is 30.5 Å². The summed E-state index contributed by atoms with van der Waals surface area (Å²) < 4.78 is 6.43. The smallest absolute Gasteiger partial charge is 0.246 e. The Kier molecular flexibility index (Phi) is 4.22. The minimum Gasteiger partial charge on any atom is -0.497 e. The zero-order chi connectivity index (χ0) is 16.2. The Morgan fingerprint density at radius 1 is 1.26 bits per heavy atom. The number of carbonyl (C=O) groups excluding carboxylic acids is 2. The van der Waals surface area contributed by atoms with Crippen molar-refractivity contribution in [3.05, 3.63) is 30.5 Å². The summed E-state index contributed by atoms with van der Waals surface area (Å²) in [6, 6.07) is 7.02. The van der Waals surface area contributed by atoms with Crippen molar-refractivity contribution in [2.45, 2.75) is 19.4 Å². The molecule has 1 heterocycles. The molecule has 3 rings (SSSR count). The molecule has 1 fully saturated rings. The van der Waals surface area contributed by atoms with E-state index in [1.807, 2.05) is 0 Å². The molecular formula is C15H17N5O3. The lowest BCUT2D eigenvalue weighted by Crippen LogP contribution is -2.19. The molecule has 1 saturated carbocycles. The lowest BCUT2D eigenvalue weighted by molar-refractivity contribution is -0.117. The molecule has 0 aliphatic heterocycles. The molecule has 8 nitrogen and oxygen atoms in total. The SMILES string of the molecule is COc1ccc(NC(=O)Cn2cc(NC(=O)C3CC3)nn2)cc1. The van der Waals surface area contributed by atoms with Gasteiger partial charge in [-0.3, -0.25) is 9.59 Å². The maximum atomic E-state index is 12.0. The van der Waals surface area contributed by atoms with E-state index in [0.29, 0.717) is 11.5 Å². The summed E-state index contributed by atoms with van der Waals surface area (Å²) in [7, 11) is 1.58. The van der Waals surface area contributed by atoms with Crippen LogP contribution in [0.25, 0.3) is 0 Å². The highest BCUT2D eigenvalue weighted by Gasteiger charge is 2.30. The molecule has 0 spiro atoms. The number of nitrogens with one attached hydrogen (secondary N) is 2. The van der Waals surface area contributed by atoms with Crippen molar-refractivity contribution in [3.63, 3.8) is 0 Å². The summed E-state index contributed by atoms with van der Waals surface area (Å²) in [6.07, 6.45) is 3.38. The van der Waals surface area contributed by atoms with Gasteiger partial charge >= 0.3 is 0 Å². The zero-order valence-corrected chi connectivity index (χ0v) is 12.7. The van der Waals surface area contributed by atoms with Gasteiger partial charge in [-0.05, 0) is 37.1 Å². The van der Waals surface area contributed by atoms with Crippen LogP contribution in [0.2, 0.25) is 0 Å². The molecule has 0 radical (unpaired) electrons. The number of hydrogen-bond donors (Lipinski definition) is 2. The van der Waals surface area contributed by atoms with E-state index in [0.717, 1.165) is 18.6 Å². The zero-order valence-electron chi connectivity index (χ0n) is 12.7. The maximum absolute atomic E-state index is 12.0. The molecule has 2 N–H and O–H groups in total. The van der Waals surface area contributed by atoms with Gasteiger partial charge < -0.3 is 15.4 Å². The highest BCUT2D eigenvalue weighted by molar-refractivity contribution is 5.93. The van der Waals surface area contributed by atoms with E-state index in [2.05, 4.69) is 20.9 Å². The van der Waals surface area contributed by atoms with Gasteiger partial charge in [0.15, 0.2) is 5.82 Å². The van der Waals surface area contributed by atoms with E-state index >= 15 is 0 Å². The van der Waals surface area contributed by atoms with Gasteiger partial charge in [0.2, 0.25) is 11.8 Å². The van der Waals surface area contributed by atoms with Crippen LogP contribution >= 0.6 is 0 Å². The molecule has 1 aromatic heterocycles. The number of amides is 2. The van der Waals surface area contributed by atoms with Gasteiger partial charge in [-0.25, -0.2) is 4.68 Å². The first-order valence-corrected chi connectivity index (χ1v) is 7.29. The Morgan fingerprint density at radius 2 is 2.00 bits per heavy atom. The Balaban J connectivity index is 1.52. The van der Waals surface area contributed by atoms with E-state index in [4.69, 9.17) is 4.74 Å². The normalized spacial score (nSPS) is 13.4. The van der Waals surface area contributed by atoms with E-state index < -0.39 is 0 Å². The van der Waals surface area contributed by atoms with E-state index in [1.54, 1.807) is 31.4 Å². The number of anilines is 2. The minimum atomic E-state index is -0.236. The summed E-state index contributed by atoms with van der Waals surface area (Å²) >= 11 is 0. The third-order valence-corrected chi connectivity index (χ3v) is 3.42. The number of aromatic nitrogens is 3. The number of methoxy groups -OCH3 is 1. The van der Waals surface area contributed by atoms with Gasteiger partial charge in [-0.15, -0.1) is 5.10 Å². The van der Waals surface area contributed by atoms with Crippen molar-refractivity contribution in [3.8, 4) is 5.75 Å². The molecular weight excluding hydrogens is 298 g/mol. The Hall–Kier alpha value is -2.90. The van der Waals surface area contributed by atoms with Gasteiger partial charge in [-0.1, -0.05) is 5.21 Å². The van der Waals surface area contributed by atoms with Crippen LogP contribution in [-0.2, 0) is 16.1 Å². The molecule has 2 amide bonds. The summed E-state index contributed by atoms with van der Waals surface area (Å²) in [5.74, 6) is 0.896. The monoisotopic (exact) mass is 315 g/mol. The number of benzene rings is 1. The lowest BCUT2D eigenvalue weighted by atomic mass is 10.3. The third kappa shape index (κ3) is 4.06. The van der Waals surface area contributed by atoms with Gasteiger partial charge in [-0.2, -0.15) is 0 Å². The molecule has 0 saturated heterocycles. The average molecular weight is 315 g/mol. The van der Waals surface area contributed by atoms with Crippen LogP contribution < -0.4 is 15.4 Å². The highest BCUT2D eigenvalue weighted by atomic mass is 16.5. The lowest BCUT2D eigenvalue weighted by Gasteiger charge is -2.06. The number of ether oxygens (including phenoxy) is 1.